The molecule has 0 aromatic heterocycles. The van der Waals surface area contributed by atoms with Crippen LogP contribution in [0.1, 0.15) is 6.92 Å². The molecule has 176 valence electrons. The van der Waals surface area contributed by atoms with E-state index in [4.69, 9.17) is 14.6 Å². The largest absolute Gasteiger partial charge is 0.506 e. The Morgan fingerprint density at radius 2 is 1.43 bits per heavy atom. The maximum atomic E-state index is 11.6. The molecule has 0 heterocycles. The number of rotatable bonds is 13. The van der Waals surface area contributed by atoms with E-state index >= 15 is 0 Å². The monoisotopic (exact) mass is 442 g/mol. The Kier molecular flexibility index (Phi) is 12.3. The number of carbonyl (C=O) groups excluding carboxylic acids is 1. The second-order valence-corrected chi connectivity index (χ2v) is 5.91. The average molecular weight is 442 g/mol. The highest BCUT2D eigenvalue weighted by molar-refractivity contribution is 5.87. The second-order valence-electron chi connectivity index (χ2n) is 5.91. The number of aliphatic hydroxyl groups excluding tert-OH is 8. The third-order valence-electron chi connectivity index (χ3n) is 4.11. The minimum Gasteiger partial charge on any atom is -0.506 e. The summed E-state index contributed by atoms with van der Waals surface area (Å²) in [6, 6.07) is 0. The van der Waals surface area contributed by atoms with Gasteiger partial charge in [0.15, 0.2) is 5.76 Å². The zero-order chi connectivity index (χ0) is 23.6. The minimum absolute atomic E-state index is 0.118. The van der Waals surface area contributed by atoms with Gasteiger partial charge in [0, 0.05) is 14.2 Å². The van der Waals surface area contributed by atoms with Crippen LogP contribution < -0.4 is 0 Å². The quantitative estimate of drug-likeness (QED) is 0.0656. The molecular weight excluding hydrogens is 412 g/mol. The van der Waals surface area contributed by atoms with Crippen molar-refractivity contribution in [2.24, 2.45) is 0 Å². The normalized spacial score (nSPS) is 19.5. The third-order valence-corrected chi connectivity index (χ3v) is 4.11. The van der Waals surface area contributed by atoms with Crippen molar-refractivity contribution in [2.45, 2.75) is 43.5 Å². The van der Waals surface area contributed by atoms with Gasteiger partial charge in [-0.05, 0) is 6.92 Å². The van der Waals surface area contributed by atoms with Crippen molar-refractivity contribution in [3.8, 4) is 0 Å². The predicted octanol–water partition coefficient (Wildman–Crippen LogP) is -2.24. The summed E-state index contributed by atoms with van der Waals surface area (Å²) >= 11 is 0. The van der Waals surface area contributed by atoms with Gasteiger partial charge in [0.1, 0.15) is 36.6 Å². The van der Waals surface area contributed by atoms with Gasteiger partial charge in [-0.1, -0.05) is 0 Å². The summed E-state index contributed by atoms with van der Waals surface area (Å²) in [7, 11) is 3.04. The molecule has 0 saturated carbocycles. The summed E-state index contributed by atoms with van der Waals surface area (Å²) in [6.45, 7) is 0.625. The first kappa shape index (κ1) is 27.9. The van der Waals surface area contributed by atoms with Crippen LogP contribution in [-0.4, -0.2) is 118 Å². The molecule has 0 saturated heterocycles. The molecule has 0 bridgehead atoms. The highest BCUT2D eigenvalue weighted by atomic mass is 16.6. The molecule has 8 N–H and O–H groups in total. The van der Waals surface area contributed by atoms with E-state index in [0.29, 0.717) is 0 Å². The lowest BCUT2D eigenvalue weighted by Gasteiger charge is -2.33. The standard InChI is InChI=1S/C17H30O13/c1-5-30-17(26)14(25)16(29-4)13(24)10(21)12(23)15(28-3)11(22)9(20)8(19)7(6-18)27-2/h7-9,11-12,15,18-25H,5-6H2,1-4H3/b13-10+,16-14+. The number of methoxy groups -OCH3 is 3. The summed E-state index contributed by atoms with van der Waals surface area (Å²) in [5.41, 5.74) is 0. The molecule has 0 rings (SSSR count). The van der Waals surface area contributed by atoms with E-state index in [2.05, 4.69) is 9.47 Å². The molecule has 0 amide bonds. The van der Waals surface area contributed by atoms with Crippen molar-refractivity contribution in [3.05, 3.63) is 23.0 Å². The summed E-state index contributed by atoms with van der Waals surface area (Å²) in [5, 5.41) is 79.7. The Balaban J connectivity index is 5.87. The maximum absolute atomic E-state index is 11.6. The van der Waals surface area contributed by atoms with Crippen molar-refractivity contribution in [2.75, 3.05) is 34.5 Å². The van der Waals surface area contributed by atoms with E-state index in [1.54, 1.807) is 0 Å². The van der Waals surface area contributed by atoms with Gasteiger partial charge in [0.2, 0.25) is 17.3 Å². The fourth-order valence-corrected chi connectivity index (χ4v) is 2.40. The van der Waals surface area contributed by atoms with E-state index in [9.17, 15) is 40.5 Å². The molecule has 0 fully saturated rings. The van der Waals surface area contributed by atoms with Crippen LogP contribution >= 0.6 is 0 Å². The molecule has 0 aliphatic heterocycles. The first-order chi connectivity index (χ1) is 14.0. The van der Waals surface area contributed by atoms with E-state index in [1.807, 2.05) is 0 Å². The lowest BCUT2D eigenvalue weighted by Crippen LogP contribution is -2.54. The molecule has 13 nitrogen and oxygen atoms in total. The molecule has 30 heavy (non-hydrogen) atoms. The van der Waals surface area contributed by atoms with Crippen LogP contribution in [0.25, 0.3) is 0 Å². The number of hydrogen-bond acceptors (Lipinski definition) is 13. The predicted molar refractivity (Wildman–Crippen MR) is 98.3 cm³/mol. The molecule has 13 heteroatoms. The maximum Gasteiger partial charge on any atom is 0.377 e. The molecule has 0 aromatic rings. The van der Waals surface area contributed by atoms with Crippen LogP contribution in [0.2, 0.25) is 0 Å². The molecule has 0 aromatic carbocycles. The molecular formula is C17H30O13. The summed E-state index contributed by atoms with van der Waals surface area (Å²) in [4.78, 5) is 11.6. The number of hydrogen-bond donors (Lipinski definition) is 8. The van der Waals surface area contributed by atoms with Crippen LogP contribution in [0.15, 0.2) is 23.0 Å². The van der Waals surface area contributed by atoms with E-state index in [0.717, 1.165) is 21.3 Å². The Labute approximate surface area is 172 Å². The Morgan fingerprint density at radius 1 is 0.867 bits per heavy atom. The van der Waals surface area contributed by atoms with Gasteiger partial charge in [-0.25, -0.2) is 4.79 Å². The Morgan fingerprint density at radius 3 is 1.83 bits per heavy atom. The number of esters is 1. The highest BCUT2D eigenvalue weighted by Crippen LogP contribution is 2.23. The second kappa shape index (κ2) is 13.2. The number of aliphatic hydroxyl groups is 8. The lowest BCUT2D eigenvalue weighted by atomic mass is 9.95. The van der Waals surface area contributed by atoms with Crippen LogP contribution in [0.3, 0.4) is 0 Å². The van der Waals surface area contributed by atoms with Gasteiger partial charge in [-0.2, -0.15) is 0 Å². The van der Waals surface area contributed by atoms with Gasteiger partial charge in [0.25, 0.3) is 0 Å². The van der Waals surface area contributed by atoms with E-state index < -0.39 is 72.2 Å². The first-order valence-corrected chi connectivity index (χ1v) is 8.69. The fourth-order valence-electron chi connectivity index (χ4n) is 2.40. The molecule has 0 aliphatic carbocycles. The fraction of sp³-hybridized carbons (Fsp3) is 0.706. The number of carbonyl (C=O) groups is 1. The Hall–Kier alpha value is -2.13. The highest BCUT2D eigenvalue weighted by Gasteiger charge is 2.41. The smallest absolute Gasteiger partial charge is 0.377 e. The van der Waals surface area contributed by atoms with Gasteiger partial charge in [0.05, 0.1) is 20.3 Å². The van der Waals surface area contributed by atoms with E-state index in [-0.39, 0.29) is 6.61 Å². The average Bonchev–Trinajstić information content (AvgIpc) is 2.73. The number of ether oxygens (including phenoxy) is 4. The van der Waals surface area contributed by atoms with Crippen LogP contribution in [-0.2, 0) is 23.7 Å². The van der Waals surface area contributed by atoms with Gasteiger partial charge >= 0.3 is 5.97 Å². The van der Waals surface area contributed by atoms with Crippen molar-refractivity contribution in [3.63, 3.8) is 0 Å². The van der Waals surface area contributed by atoms with Crippen LogP contribution in [0, 0.1) is 0 Å². The molecule has 0 aliphatic rings. The summed E-state index contributed by atoms with van der Waals surface area (Å²) < 4.78 is 18.7. The van der Waals surface area contributed by atoms with Crippen LogP contribution in [0.5, 0.6) is 0 Å². The van der Waals surface area contributed by atoms with Gasteiger partial charge < -0.3 is 59.8 Å². The molecule has 0 radical (unpaired) electrons. The van der Waals surface area contributed by atoms with Gasteiger partial charge in [-0.15, -0.1) is 0 Å². The van der Waals surface area contributed by atoms with Crippen LogP contribution in [0.4, 0.5) is 0 Å². The molecule has 6 atom stereocenters. The van der Waals surface area contributed by atoms with Crippen molar-refractivity contribution < 1.29 is 64.6 Å². The first-order valence-electron chi connectivity index (χ1n) is 8.69. The van der Waals surface area contributed by atoms with Gasteiger partial charge in [-0.3, -0.25) is 0 Å². The lowest BCUT2D eigenvalue weighted by molar-refractivity contribution is -0.168. The van der Waals surface area contributed by atoms with Crippen molar-refractivity contribution >= 4 is 5.97 Å². The van der Waals surface area contributed by atoms with E-state index in [1.165, 1.54) is 6.92 Å². The topological polar surface area (TPSA) is 216 Å². The van der Waals surface area contributed by atoms with Crippen molar-refractivity contribution in [1.82, 2.24) is 0 Å². The third kappa shape index (κ3) is 6.70. The summed E-state index contributed by atoms with van der Waals surface area (Å²) in [5.74, 6) is -6.05. The Bertz CT molecular complexity index is 598. The zero-order valence-electron chi connectivity index (χ0n) is 17.0. The zero-order valence-corrected chi connectivity index (χ0v) is 17.0. The molecule has 6 unspecified atom stereocenters. The summed E-state index contributed by atoms with van der Waals surface area (Å²) in [6.07, 6.45) is -11.3. The molecule has 0 spiro atoms. The minimum atomic E-state index is -2.23. The SMILES string of the molecule is CCOC(=O)/C(O)=C(OC)/C(O)=C(\O)C(O)C(OC)C(O)C(O)C(O)C(CO)OC. The van der Waals surface area contributed by atoms with Crippen molar-refractivity contribution in [1.29, 1.82) is 0 Å².